The van der Waals surface area contributed by atoms with Crippen molar-refractivity contribution in [2.45, 2.75) is 46.3 Å². The highest BCUT2D eigenvalue weighted by Gasteiger charge is 2.27. The number of nitrogens with one attached hydrogen (secondary N) is 2. The van der Waals surface area contributed by atoms with Crippen LogP contribution in [0.15, 0.2) is 24.4 Å². The highest BCUT2D eigenvalue weighted by atomic mass is 35.5. The Morgan fingerprint density at radius 3 is 2.69 bits per heavy atom. The Bertz CT molecular complexity index is 1080. The second-order valence-corrected chi connectivity index (χ2v) is 10.5. The molecule has 0 radical (unpaired) electrons. The fraction of sp³-hybridized carbons (Fsp3) is 0.520. The number of hydrogen-bond acceptors (Lipinski definition) is 7. The number of aromatic nitrogens is 2. The number of anilines is 1. The monoisotopic (exact) mass is 537 g/mol. The lowest BCUT2D eigenvalue weighted by atomic mass is 10.1. The number of rotatable bonds is 8. The van der Waals surface area contributed by atoms with Crippen LogP contribution in [0.4, 0.5) is 15.4 Å². The van der Waals surface area contributed by atoms with Gasteiger partial charge in [0.2, 0.25) is 0 Å². The van der Waals surface area contributed by atoms with Crippen LogP contribution in [0.5, 0.6) is 0 Å². The molecule has 1 fully saturated rings. The molecule has 9 nitrogen and oxygen atoms in total. The van der Waals surface area contributed by atoms with Crippen LogP contribution in [-0.2, 0) is 16.0 Å². The van der Waals surface area contributed by atoms with E-state index in [0.717, 1.165) is 29.7 Å². The molecule has 2 amide bonds. The molecule has 0 aliphatic carbocycles. The van der Waals surface area contributed by atoms with Crippen molar-refractivity contribution in [3.8, 4) is 11.4 Å². The number of nitrogens with zero attached hydrogens (tertiary/aromatic N) is 3. The second-order valence-electron chi connectivity index (χ2n) is 9.67. The van der Waals surface area contributed by atoms with E-state index in [1.165, 1.54) is 0 Å². The summed E-state index contributed by atoms with van der Waals surface area (Å²) in [7, 11) is 0. The fourth-order valence-corrected chi connectivity index (χ4v) is 4.01. The van der Waals surface area contributed by atoms with Crippen LogP contribution < -0.4 is 15.5 Å². The van der Waals surface area contributed by atoms with Gasteiger partial charge < -0.3 is 25.0 Å². The van der Waals surface area contributed by atoms with Crippen LogP contribution in [0.2, 0.25) is 5.02 Å². The van der Waals surface area contributed by atoms with Crippen LogP contribution in [0, 0.1) is 12.8 Å². The molecule has 1 aromatic carbocycles. The third kappa shape index (κ3) is 8.13. The van der Waals surface area contributed by atoms with Gasteiger partial charge in [-0.15, -0.1) is 11.6 Å². The minimum Gasteiger partial charge on any atom is -0.448 e. The van der Waals surface area contributed by atoms with E-state index >= 15 is 0 Å². The van der Waals surface area contributed by atoms with E-state index in [9.17, 15) is 9.59 Å². The summed E-state index contributed by atoms with van der Waals surface area (Å²) in [5.74, 6) is 1.70. The molecule has 0 bridgehead atoms. The molecule has 3 rings (SSSR count). The fourth-order valence-electron chi connectivity index (χ4n) is 3.75. The Balaban J connectivity index is 1.76. The number of carbonyl (C=O) groups excluding carboxylic acids is 2. The molecule has 0 saturated carbocycles. The van der Waals surface area contributed by atoms with E-state index in [-0.39, 0.29) is 24.9 Å². The molecule has 2 N–H and O–H groups in total. The Kier molecular flexibility index (Phi) is 9.62. The van der Waals surface area contributed by atoms with Gasteiger partial charge >= 0.3 is 12.2 Å². The molecule has 1 aliphatic rings. The largest absolute Gasteiger partial charge is 0.448 e. The van der Waals surface area contributed by atoms with E-state index in [1.807, 2.05) is 45.9 Å². The van der Waals surface area contributed by atoms with Crippen LogP contribution in [0.25, 0.3) is 11.4 Å². The predicted octanol–water partition coefficient (Wildman–Crippen LogP) is 4.92. The SMILES string of the molecule is Cc1ccc(-c2ncc(CNC(=O)OCCCl)c(N3CCC(CNC(=O)OC(C)(C)C)C3)n2)cc1Cl. The van der Waals surface area contributed by atoms with Gasteiger partial charge in [0, 0.05) is 42.0 Å². The minimum atomic E-state index is -0.558. The summed E-state index contributed by atoms with van der Waals surface area (Å²) < 4.78 is 10.3. The molecule has 1 aliphatic heterocycles. The number of amides is 2. The van der Waals surface area contributed by atoms with Gasteiger partial charge in [-0.05, 0) is 51.7 Å². The van der Waals surface area contributed by atoms with Gasteiger partial charge in [-0.25, -0.2) is 19.6 Å². The third-order valence-electron chi connectivity index (χ3n) is 5.52. The van der Waals surface area contributed by atoms with Gasteiger partial charge in [-0.2, -0.15) is 0 Å². The molecule has 2 aromatic rings. The summed E-state index contributed by atoms with van der Waals surface area (Å²) in [5.41, 5.74) is 1.97. The standard InChI is InChI=1S/C25H33Cl2N5O4/c1-16-5-6-18(11-20(16)27)21-28-13-19(14-30-23(33)35-10-8-26)22(31-21)32-9-7-17(15-32)12-29-24(34)36-25(2,3)4/h5-6,11,13,17H,7-10,12,14-15H2,1-4H3,(H,29,34)(H,30,33). The predicted molar refractivity (Wildman–Crippen MR) is 141 cm³/mol. The first-order chi connectivity index (χ1) is 17.1. The maximum Gasteiger partial charge on any atom is 0.407 e. The number of alkyl halides is 1. The van der Waals surface area contributed by atoms with Crippen LogP contribution in [0.3, 0.4) is 0 Å². The van der Waals surface area contributed by atoms with Crippen molar-refractivity contribution in [3.05, 3.63) is 40.5 Å². The molecule has 196 valence electrons. The lowest BCUT2D eigenvalue weighted by Gasteiger charge is -2.22. The topological polar surface area (TPSA) is 106 Å². The van der Waals surface area contributed by atoms with Gasteiger partial charge in [0.25, 0.3) is 0 Å². The van der Waals surface area contributed by atoms with E-state index < -0.39 is 17.8 Å². The van der Waals surface area contributed by atoms with Crippen molar-refractivity contribution in [1.82, 2.24) is 20.6 Å². The van der Waals surface area contributed by atoms with E-state index in [1.54, 1.807) is 6.20 Å². The Morgan fingerprint density at radius 2 is 2.00 bits per heavy atom. The summed E-state index contributed by atoms with van der Waals surface area (Å²) >= 11 is 11.9. The van der Waals surface area contributed by atoms with Crippen LogP contribution >= 0.6 is 23.2 Å². The molecule has 11 heteroatoms. The number of ether oxygens (including phenoxy) is 2. The molecule has 36 heavy (non-hydrogen) atoms. The van der Waals surface area contributed by atoms with Gasteiger partial charge in [0.05, 0.1) is 12.4 Å². The van der Waals surface area contributed by atoms with Crippen molar-refractivity contribution in [2.24, 2.45) is 5.92 Å². The Labute approximate surface area is 221 Å². The van der Waals surface area contributed by atoms with Gasteiger partial charge in [0.1, 0.15) is 18.0 Å². The quantitative estimate of drug-likeness (QED) is 0.460. The molecule has 1 atom stereocenters. The van der Waals surface area contributed by atoms with E-state index in [0.29, 0.717) is 29.8 Å². The molecule has 2 heterocycles. The second kappa shape index (κ2) is 12.5. The lowest BCUT2D eigenvalue weighted by molar-refractivity contribution is 0.0520. The molecule has 1 saturated heterocycles. The summed E-state index contributed by atoms with van der Waals surface area (Å²) in [6.45, 7) is 9.68. The molecule has 1 unspecified atom stereocenters. The van der Waals surface area contributed by atoms with Crippen molar-refractivity contribution in [2.75, 3.05) is 37.0 Å². The van der Waals surface area contributed by atoms with Gasteiger partial charge in [-0.1, -0.05) is 23.7 Å². The number of halogens is 2. The Morgan fingerprint density at radius 1 is 1.22 bits per heavy atom. The first-order valence-corrected chi connectivity index (χ1v) is 12.8. The summed E-state index contributed by atoms with van der Waals surface area (Å²) in [4.78, 5) is 35.5. The molecular formula is C25H33Cl2N5O4. The molecular weight excluding hydrogens is 505 g/mol. The summed E-state index contributed by atoms with van der Waals surface area (Å²) in [6, 6.07) is 5.70. The number of aryl methyl sites for hydroxylation is 1. The minimum absolute atomic E-state index is 0.127. The Hall–Kier alpha value is -2.78. The normalized spacial score (nSPS) is 15.5. The number of carbonyl (C=O) groups is 2. The van der Waals surface area contributed by atoms with Crippen molar-refractivity contribution in [1.29, 1.82) is 0 Å². The zero-order chi connectivity index (χ0) is 26.3. The summed E-state index contributed by atoms with van der Waals surface area (Å²) in [5, 5.41) is 6.22. The number of benzene rings is 1. The van der Waals surface area contributed by atoms with Crippen LogP contribution in [0.1, 0.15) is 38.3 Å². The number of hydrogen-bond donors (Lipinski definition) is 2. The average molecular weight is 538 g/mol. The maximum atomic E-state index is 12.1. The maximum absolute atomic E-state index is 12.1. The van der Waals surface area contributed by atoms with Crippen molar-refractivity contribution < 1.29 is 19.1 Å². The first-order valence-electron chi connectivity index (χ1n) is 11.9. The number of alkyl carbamates (subject to hydrolysis) is 2. The van der Waals surface area contributed by atoms with Gasteiger partial charge in [-0.3, -0.25) is 0 Å². The van der Waals surface area contributed by atoms with E-state index in [4.69, 9.17) is 37.7 Å². The first kappa shape index (κ1) is 27.8. The highest BCUT2D eigenvalue weighted by molar-refractivity contribution is 6.31. The smallest absolute Gasteiger partial charge is 0.407 e. The van der Waals surface area contributed by atoms with Gasteiger partial charge in [0.15, 0.2) is 5.82 Å². The third-order valence-corrected chi connectivity index (χ3v) is 6.09. The molecule has 1 aromatic heterocycles. The zero-order valence-electron chi connectivity index (χ0n) is 21.1. The van der Waals surface area contributed by atoms with E-state index in [2.05, 4.69) is 20.5 Å². The van der Waals surface area contributed by atoms with Crippen LogP contribution in [-0.4, -0.2) is 59.9 Å². The van der Waals surface area contributed by atoms with Crippen molar-refractivity contribution >= 4 is 41.2 Å². The molecule has 0 spiro atoms. The average Bonchev–Trinajstić information content (AvgIpc) is 3.29. The lowest BCUT2D eigenvalue weighted by Crippen LogP contribution is -2.36. The van der Waals surface area contributed by atoms with Crippen molar-refractivity contribution in [3.63, 3.8) is 0 Å². The zero-order valence-corrected chi connectivity index (χ0v) is 22.6. The summed E-state index contributed by atoms with van der Waals surface area (Å²) in [6.07, 6.45) is 1.59. The highest BCUT2D eigenvalue weighted by Crippen LogP contribution is 2.29.